The van der Waals surface area contributed by atoms with Crippen LogP contribution in [0.3, 0.4) is 0 Å². The van der Waals surface area contributed by atoms with Gasteiger partial charge in [0.25, 0.3) is 0 Å². The number of nitrogens with zero attached hydrogens (tertiary/aromatic N) is 2. The highest BCUT2D eigenvalue weighted by molar-refractivity contribution is 8.18. The minimum Gasteiger partial charge on any atom is -0.267 e. The molecule has 0 atom stereocenters. The quantitative estimate of drug-likeness (QED) is 0.600. The van der Waals surface area contributed by atoms with Crippen LogP contribution in [0.5, 0.6) is 0 Å². The smallest absolute Gasteiger partial charge is 0.267 e. The molecule has 2 rings (SSSR count). The lowest BCUT2D eigenvalue weighted by Gasteiger charge is -2.05. The van der Waals surface area contributed by atoms with Gasteiger partial charge in [0.2, 0.25) is 0 Å². The predicted molar refractivity (Wildman–Crippen MR) is 93.0 cm³/mol. The molecular formula is C16H16N2O3S2. The van der Waals surface area contributed by atoms with Crippen molar-refractivity contribution in [1.82, 2.24) is 0 Å². The second kappa shape index (κ2) is 7.49. The molecule has 0 amide bonds. The highest BCUT2D eigenvalue weighted by atomic mass is 32.2. The van der Waals surface area contributed by atoms with Crippen molar-refractivity contribution >= 4 is 32.5 Å². The summed E-state index contributed by atoms with van der Waals surface area (Å²) in [5.74, 6) is -0.0759. The fourth-order valence-electron chi connectivity index (χ4n) is 1.99. The molecule has 0 saturated heterocycles. The predicted octanol–water partition coefficient (Wildman–Crippen LogP) is 3.60. The highest BCUT2D eigenvalue weighted by Crippen LogP contribution is 2.34. The van der Waals surface area contributed by atoms with Crippen LogP contribution in [0.2, 0.25) is 0 Å². The van der Waals surface area contributed by atoms with Crippen LogP contribution < -0.4 is 0 Å². The van der Waals surface area contributed by atoms with Crippen LogP contribution in [0.4, 0.5) is 0 Å². The van der Waals surface area contributed by atoms with Gasteiger partial charge < -0.3 is 0 Å². The summed E-state index contributed by atoms with van der Waals surface area (Å²) in [5.41, 5.74) is 2.38. The monoisotopic (exact) mass is 348 g/mol. The first kappa shape index (κ1) is 17.3. The zero-order valence-corrected chi connectivity index (χ0v) is 14.4. The fraction of sp³-hybridized carbons (Fsp3) is 0.250. The molecular weight excluding hydrogens is 332 g/mol. The van der Waals surface area contributed by atoms with Gasteiger partial charge in [-0.25, -0.2) is 0 Å². The molecule has 1 aromatic carbocycles. The third-order valence-electron chi connectivity index (χ3n) is 3.06. The van der Waals surface area contributed by atoms with E-state index in [9.17, 15) is 13.7 Å². The molecule has 0 spiro atoms. The number of aryl methyl sites for hydroxylation is 1. The largest absolute Gasteiger partial charge is 0.328 e. The summed E-state index contributed by atoms with van der Waals surface area (Å²) in [6.07, 6.45) is 3.84. The van der Waals surface area contributed by atoms with Gasteiger partial charge in [-0.2, -0.15) is 13.7 Å². The molecule has 0 radical (unpaired) electrons. The zero-order valence-electron chi connectivity index (χ0n) is 12.8. The summed E-state index contributed by atoms with van der Waals surface area (Å²) in [6, 6.07) is 9.81. The average molecular weight is 348 g/mol. The molecule has 0 aromatic heterocycles. The maximum atomic E-state index is 11.5. The van der Waals surface area contributed by atoms with Crippen molar-refractivity contribution < 1.29 is 12.7 Å². The van der Waals surface area contributed by atoms with E-state index in [1.807, 2.05) is 31.2 Å². The maximum Gasteiger partial charge on any atom is 0.328 e. The first-order valence-corrected chi connectivity index (χ1v) is 9.42. The number of hydrogen-bond donors (Lipinski definition) is 0. The molecule has 23 heavy (non-hydrogen) atoms. The summed E-state index contributed by atoms with van der Waals surface area (Å²) in [5, 5.41) is 13.5. The Morgan fingerprint density at radius 3 is 2.74 bits per heavy atom. The molecule has 120 valence electrons. The van der Waals surface area contributed by atoms with Crippen LogP contribution in [0.1, 0.15) is 24.5 Å². The van der Waals surface area contributed by atoms with Gasteiger partial charge in [-0.3, -0.25) is 4.28 Å². The highest BCUT2D eigenvalue weighted by Gasteiger charge is 2.18. The van der Waals surface area contributed by atoms with Crippen LogP contribution >= 0.6 is 11.8 Å². The summed E-state index contributed by atoms with van der Waals surface area (Å²) in [4.78, 5) is 0.719. The van der Waals surface area contributed by atoms with E-state index in [0.717, 1.165) is 16.0 Å². The zero-order chi connectivity index (χ0) is 16.9. The van der Waals surface area contributed by atoms with E-state index in [0.29, 0.717) is 17.0 Å². The maximum absolute atomic E-state index is 11.5. The fourth-order valence-corrected chi connectivity index (χ4v) is 3.64. The lowest BCUT2D eigenvalue weighted by Crippen LogP contribution is -2.06. The number of nitriles is 1. The topological polar surface area (TPSA) is 79.5 Å². The molecule has 7 heteroatoms. The minimum atomic E-state index is -3.64. The van der Waals surface area contributed by atoms with E-state index < -0.39 is 10.1 Å². The van der Waals surface area contributed by atoms with Gasteiger partial charge in [-0.1, -0.05) is 48.1 Å². The second-order valence-corrected chi connectivity index (χ2v) is 7.60. The standard InChI is InChI=1S/C16H16N2O3S2/c1-3-10-23(19,20)21-18-16-9-8-15(22-16)14(11-17)13-7-5-4-6-12(13)2/h4-9H,3,10H2,1-2H3/b15-14+,18-16?. The van der Waals surface area contributed by atoms with E-state index in [4.69, 9.17) is 0 Å². The minimum absolute atomic E-state index is 0.0759. The van der Waals surface area contributed by atoms with E-state index in [1.165, 1.54) is 11.8 Å². The second-order valence-electron chi connectivity index (χ2n) is 4.87. The third-order valence-corrected chi connectivity index (χ3v) is 5.25. The Bertz CT molecular complexity index is 831. The van der Waals surface area contributed by atoms with Crippen LogP contribution in [0.25, 0.3) is 5.57 Å². The lowest BCUT2D eigenvalue weighted by molar-refractivity contribution is 0.340. The molecule has 0 bridgehead atoms. The Morgan fingerprint density at radius 1 is 1.35 bits per heavy atom. The van der Waals surface area contributed by atoms with Gasteiger partial charge in [-0.15, -0.1) is 0 Å². The van der Waals surface area contributed by atoms with Crippen molar-refractivity contribution in [1.29, 1.82) is 5.26 Å². The Hall–Kier alpha value is -2.04. The Balaban J connectivity index is 2.23. The van der Waals surface area contributed by atoms with Crippen molar-refractivity contribution in [3.8, 4) is 6.07 Å². The Kier molecular flexibility index (Phi) is 5.64. The Labute approximate surface area is 140 Å². The van der Waals surface area contributed by atoms with Gasteiger partial charge in [-0.05, 0) is 36.6 Å². The number of benzene rings is 1. The van der Waals surface area contributed by atoms with Crippen LogP contribution in [-0.2, 0) is 14.4 Å². The van der Waals surface area contributed by atoms with Crippen molar-refractivity contribution in [3.05, 3.63) is 52.4 Å². The van der Waals surface area contributed by atoms with E-state index >= 15 is 0 Å². The number of allylic oxidation sites excluding steroid dienone is 2. The normalized spacial score (nSPS) is 18.0. The number of hydrogen-bond acceptors (Lipinski definition) is 6. The SMILES string of the molecule is CCCS(=O)(=O)ON=C1C=C/C(=C(/C#N)c2ccccc2C)S1. The molecule has 1 aromatic rings. The van der Waals surface area contributed by atoms with E-state index in [1.54, 1.807) is 19.1 Å². The summed E-state index contributed by atoms with van der Waals surface area (Å²) in [7, 11) is -3.64. The molecule has 1 aliphatic rings. The molecule has 0 N–H and O–H groups in total. The molecule has 0 unspecified atom stereocenters. The van der Waals surface area contributed by atoms with Gasteiger partial charge in [0, 0.05) is 4.91 Å². The molecule has 0 saturated carbocycles. The molecule has 1 heterocycles. The average Bonchev–Trinajstić information content (AvgIpc) is 2.97. The van der Waals surface area contributed by atoms with Gasteiger partial charge >= 0.3 is 10.1 Å². The van der Waals surface area contributed by atoms with Crippen LogP contribution in [0, 0.1) is 18.3 Å². The van der Waals surface area contributed by atoms with Crippen molar-refractivity contribution in [2.45, 2.75) is 20.3 Å². The summed E-state index contributed by atoms with van der Waals surface area (Å²) >= 11 is 1.21. The molecule has 0 fully saturated rings. The molecule has 5 nitrogen and oxygen atoms in total. The van der Waals surface area contributed by atoms with Gasteiger partial charge in [0.05, 0.1) is 11.3 Å². The van der Waals surface area contributed by atoms with Crippen molar-refractivity contribution in [2.24, 2.45) is 5.16 Å². The van der Waals surface area contributed by atoms with Gasteiger partial charge in [0.15, 0.2) is 0 Å². The molecule has 0 aliphatic carbocycles. The summed E-state index contributed by atoms with van der Waals surface area (Å²) in [6.45, 7) is 3.69. The van der Waals surface area contributed by atoms with Gasteiger partial charge in [0.1, 0.15) is 11.1 Å². The number of oxime groups is 1. The van der Waals surface area contributed by atoms with Crippen LogP contribution in [-0.4, -0.2) is 19.2 Å². The van der Waals surface area contributed by atoms with E-state index in [2.05, 4.69) is 15.5 Å². The number of thioether (sulfide) groups is 1. The molecule has 1 aliphatic heterocycles. The lowest BCUT2D eigenvalue weighted by atomic mass is 10.0. The third kappa shape index (κ3) is 4.47. The van der Waals surface area contributed by atoms with Crippen LogP contribution in [0.15, 0.2) is 46.5 Å². The Morgan fingerprint density at radius 2 is 2.09 bits per heavy atom. The van der Waals surface area contributed by atoms with Crippen molar-refractivity contribution in [2.75, 3.05) is 5.75 Å². The first-order chi connectivity index (χ1) is 11.0. The first-order valence-electron chi connectivity index (χ1n) is 7.02. The van der Waals surface area contributed by atoms with E-state index in [-0.39, 0.29) is 5.75 Å². The summed E-state index contributed by atoms with van der Waals surface area (Å²) < 4.78 is 27.6. The number of rotatable bonds is 5. The van der Waals surface area contributed by atoms with Crippen molar-refractivity contribution in [3.63, 3.8) is 0 Å².